The molecule has 1 fully saturated rings. The van der Waals surface area contributed by atoms with Crippen molar-refractivity contribution in [2.24, 2.45) is 10.7 Å². The lowest BCUT2D eigenvalue weighted by molar-refractivity contribution is 0.262. The molecule has 3 rings (SSSR count). The van der Waals surface area contributed by atoms with Gasteiger partial charge in [0.2, 0.25) is 0 Å². The van der Waals surface area contributed by atoms with E-state index in [2.05, 4.69) is 10.3 Å². The van der Waals surface area contributed by atoms with E-state index >= 15 is 0 Å². The number of benzene rings is 1. The molecule has 21 heavy (non-hydrogen) atoms. The van der Waals surface area contributed by atoms with Crippen molar-refractivity contribution in [2.75, 3.05) is 19.4 Å². The third-order valence-electron chi connectivity index (χ3n) is 4.24. The number of fused-ring (bicyclic) bond motifs is 1. The maximum absolute atomic E-state index is 11.7. The summed E-state index contributed by atoms with van der Waals surface area (Å²) >= 11 is 0. The zero-order valence-electron chi connectivity index (χ0n) is 12.2. The Bertz CT molecular complexity index is 584. The van der Waals surface area contributed by atoms with Crippen molar-refractivity contribution in [1.82, 2.24) is 5.32 Å². The number of nitrogens with one attached hydrogen (secondary N) is 1. The van der Waals surface area contributed by atoms with Crippen LogP contribution in [0.15, 0.2) is 29.3 Å². The van der Waals surface area contributed by atoms with Gasteiger partial charge in [0.05, 0.1) is 23.9 Å². The van der Waals surface area contributed by atoms with Crippen LogP contribution in [-0.2, 0) is 10.8 Å². The minimum absolute atomic E-state index is 0.125. The summed E-state index contributed by atoms with van der Waals surface area (Å²) in [5, 5.41) is 3.26. The molecule has 1 heterocycles. The molecule has 1 aromatic rings. The van der Waals surface area contributed by atoms with Gasteiger partial charge in [-0.15, -0.1) is 0 Å². The lowest BCUT2D eigenvalue weighted by Crippen LogP contribution is -2.38. The van der Waals surface area contributed by atoms with Crippen molar-refractivity contribution in [1.29, 1.82) is 0 Å². The Hall–Kier alpha value is -1.56. The van der Waals surface area contributed by atoms with Crippen LogP contribution in [0.1, 0.15) is 30.9 Å². The monoisotopic (exact) mass is 307 g/mol. The molecular weight excluding hydrogens is 286 g/mol. The third kappa shape index (κ3) is 3.05. The van der Waals surface area contributed by atoms with Gasteiger partial charge >= 0.3 is 0 Å². The standard InChI is InChI=1S/C15H21N3O2S/c1-21(19)15(7-8-15)10-17-14(16)18-12-6-9-20-13-5-3-2-4-11(12)13/h2-5,12H,6-10H2,1H3,(H3,16,17,18). The van der Waals surface area contributed by atoms with Crippen molar-refractivity contribution < 1.29 is 8.95 Å². The summed E-state index contributed by atoms with van der Waals surface area (Å²) in [6, 6.07) is 8.10. The zero-order chi connectivity index (χ0) is 14.9. The molecule has 0 aromatic heterocycles. The molecule has 2 atom stereocenters. The fourth-order valence-electron chi connectivity index (χ4n) is 2.62. The van der Waals surface area contributed by atoms with E-state index in [-0.39, 0.29) is 10.8 Å². The van der Waals surface area contributed by atoms with Gasteiger partial charge in [0.1, 0.15) is 5.75 Å². The molecule has 6 heteroatoms. The van der Waals surface area contributed by atoms with Gasteiger partial charge in [-0.25, -0.2) is 0 Å². The minimum atomic E-state index is -0.835. The molecule has 5 nitrogen and oxygen atoms in total. The fraction of sp³-hybridized carbons (Fsp3) is 0.533. The van der Waals surface area contributed by atoms with E-state index in [1.807, 2.05) is 24.3 Å². The van der Waals surface area contributed by atoms with E-state index in [0.717, 1.165) is 30.6 Å². The summed E-state index contributed by atoms with van der Waals surface area (Å²) in [5.41, 5.74) is 7.11. The second kappa shape index (κ2) is 5.67. The summed E-state index contributed by atoms with van der Waals surface area (Å²) in [6.45, 7) is 1.21. The average molecular weight is 307 g/mol. The van der Waals surface area contributed by atoms with Crippen LogP contribution >= 0.6 is 0 Å². The highest BCUT2D eigenvalue weighted by molar-refractivity contribution is 7.86. The molecule has 2 aliphatic rings. The van der Waals surface area contributed by atoms with Crippen molar-refractivity contribution in [3.8, 4) is 5.75 Å². The number of rotatable bonds is 4. The van der Waals surface area contributed by atoms with Gasteiger partial charge in [0.15, 0.2) is 5.96 Å². The number of aliphatic imine (C=N–C) groups is 1. The number of guanidine groups is 1. The minimum Gasteiger partial charge on any atom is -0.493 e. The predicted octanol–water partition coefficient (Wildman–Crippen LogP) is 1.33. The van der Waals surface area contributed by atoms with Crippen LogP contribution in [0.2, 0.25) is 0 Å². The molecule has 114 valence electrons. The van der Waals surface area contributed by atoms with Crippen LogP contribution in [0.3, 0.4) is 0 Å². The summed E-state index contributed by atoms with van der Waals surface area (Å²) in [5.74, 6) is 1.33. The molecule has 0 bridgehead atoms. The molecule has 1 aliphatic heterocycles. The Morgan fingerprint density at radius 1 is 1.52 bits per heavy atom. The Balaban J connectivity index is 1.66. The van der Waals surface area contributed by atoms with Gasteiger partial charge in [-0.3, -0.25) is 9.20 Å². The van der Waals surface area contributed by atoms with Gasteiger partial charge < -0.3 is 15.8 Å². The molecule has 1 saturated carbocycles. The van der Waals surface area contributed by atoms with Crippen LogP contribution < -0.4 is 15.8 Å². The molecule has 0 amide bonds. The third-order valence-corrected chi connectivity index (χ3v) is 5.99. The SMILES string of the molecule is CS(=O)C1(CN=C(N)NC2CCOc3ccccc32)CC1. The lowest BCUT2D eigenvalue weighted by Gasteiger charge is -2.27. The Morgan fingerprint density at radius 2 is 2.29 bits per heavy atom. The molecule has 0 saturated heterocycles. The lowest BCUT2D eigenvalue weighted by atomic mass is 10.0. The smallest absolute Gasteiger partial charge is 0.189 e. The van der Waals surface area contributed by atoms with E-state index in [4.69, 9.17) is 10.5 Å². The van der Waals surface area contributed by atoms with Crippen molar-refractivity contribution in [2.45, 2.75) is 30.1 Å². The maximum Gasteiger partial charge on any atom is 0.189 e. The van der Waals surface area contributed by atoms with E-state index in [0.29, 0.717) is 19.1 Å². The first-order valence-electron chi connectivity index (χ1n) is 7.22. The van der Waals surface area contributed by atoms with Gasteiger partial charge in [-0.2, -0.15) is 0 Å². The average Bonchev–Trinajstić information content (AvgIpc) is 3.27. The predicted molar refractivity (Wildman–Crippen MR) is 85.0 cm³/mol. The maximum atomic E-state index is 11.7. The summed E-state index contributed by atoms with van der Waals surface area (Å²) in [7, 11) is -0.835. The molecule has 1 aliphatic carbocycles. The second-order valence-corrected chi connectivity index (χ2v) is 7.48. The van der Waals surface area contributed by atoms with Crippen LogP contribution in [0.4, 0.5) is 0 Å². The summed E-state index contributed by atoms with van der Waals surface area (Å²) < 4.78 is 17.2. The molecule has 3 N–H and O–H groups in total. The number of nitrogens with zero attached hydrogens (tertiary/aromatic N) is 1. The Labute approximate surface area is 127 Å². The summed E-state index contributed by atoms with van der Waals surface area (Å²) in [6.07, 6.45) is 4.57. The number of nitrogens with two attached hydrogens (primary N) is 1. The van der Waals surface area contributed by atoms with Crippen LogP contribution in [0.25, 0.3) is 0 Å². The molecule has 0 radical (unpaired) electrons. The van der Waals surface area contributed by atoms with Crippen molar-refractivity contribution >= 4 is 16.8 Å². The molecule has 0 spiro atoms. The van der Waals surface area contributed by atoms with Gasteiger partial charge in [-0.1, -0.05) is 18.2 Å². The molecule has 2 unspecified atom stereocenters. The quantitative estimate of drug-likeness (QED) is 0.650. The van der Waals surface area contributed by atoms with Crippen LogP contribution in [0, 0.1) is 0 Å². The zero-order valence-corrected chi connectivity index (χ0v) is 13.0. The van der Waals surface area contributed by atoms with Gasteiger partial charge in [-0.05, 0) is 18.9 Å². The van der Waals surface area contributed by atoms with E-state index in [9.17, 15) is 4.21 Å². The van der Waals surface area contributed by atoms with Crippen molar-refractivity contribution in [3.05, 3.63) is 29.8 Å². The largest absolute Gasteiger partial charge is 0.493 e. The highest BCUT2D eigenvalue weighted by Gasteiger charge is 2.46. The normalized spacial score (nSPS) is 24.6. The number of para-hydroxylation sites is 1. The number of ether oxygens (including phenoxy) is 1. The van der Waals surface area contributed by atoms with Crippen molar-refractivity contribution in [3.63, 3.8) is 0 Å². The molecule has 1 aromatic carbocycles. The van der Waals surface area contributed by atoms with Gasteiger partial charge in [0, 0.05) is 29.0 Å². The first kappa shape index (κ1) is 14.4. The fourth-order valence-corrected chi connectivity index (χ4v) is 3.54. The Morgan fingerprint density at radius 3 is 3.00 bits per heavy atom. The number of hydrogen-bond donors (Lipinski definition) is 2. The van der Waals surface area contributed by atoms with E-state index < -0.39 is 10.8 Å². The highest BCUT2D eigenvalue weighted by Crippen LogP contribution is 2.41. The van der Waals surface area contributed by atoms with E-state index in [1.165, 1.54) is 0 Å². The first-order chi connectivity index (χ1) is 10.1. The van der Waals surface area contributed by atoms with Crippen LogP contribution in [0.5, 0.6) is 5.75 Å². The first-order valence-corrected chi connectivity index (χ1v) is 8.78. The number of hydrogen-bond acceptors (Lipinski definition) is 3. The molecular formula is C15H21N3O2S. The Kier molecular flexibility index (Phi) is 3.89. The van der Waals surface area contributed by atoms with E-state index in [1.54, 1.807) is 6.26 Å². The van der Waals surface area contributed by atoms with Gasteiger partial charge in [0.25, 0.3) is 0 Å². The van der Waals surface area contributed by atoms with Crippen LogP contribution in [-0.4, -0.2) is 34.3 Å². The summed E-state index contributed by atoms with van der Waals surface area (Å²) in [4.78, 5) is 4.40. The second-order valence-electron chi connectivity index (χ2n) is 5.71. The topological polar surface area (TPSA) is 76.7 Å². The highest BCUT2D eigenvalue weighted by atomic mass is 32.2.